The molecule has 3 N–H and O–H groups in total. The largest absolute Gasteiger partial charge is 0.399 e. The molecule has 3 nitrogen and oxygen atoms in total. The van der Waals surface area contributed by atoms with Gasteiger partial charge in [-0.2, -0.15) is 0 Å². The summed E-state index contributed by atoms with van der Waals surface area (Å²) in [6, 6.07) is 9.33. The van der Waals surface area contributed by atoms with Crippen molar-refractivity contribution in [1.82, 2.24) is 5.32 Å². The second-order valence-electron chi connectivity index (χ2n) is 4.84. The lowest BCUT2D eigenvalue weighted by Gasteiger charge is -2.23. The predicted octanol–water partition coefficient (Wildman–Crippen LogP) is 3.14. The van der Waals surface area contributed by atoms with E-state index in [0.717, 1.165) is 19.3 Å². The van der Waals surface area contributed by atoms with Gasteiger partial charge in [0.05, 0.1) is 6.04 Å². The van der Waals surface area contributed by atoms with Crippen LogP contribution in [0.3, 0.4) is 0 Å². The highest BCUT2D eigenvalue weighted by Crippen LogP contribution is 2.33. The van der Waals surface area contributed by atoms with Gasteiger partial charge < -0.3 is 11.1 Å². The van der Waals surface area contributed by atoms with Crippen LogP contribution in [0.2, 0.25) is 0 Å². The Balaban J connectivity index is 1.76. The highest BCUT2D eigenvalue weighted by molar-refractivity contribution is 7.10. The van der Waals surface area contributed by atoms with Gasteiger partial charge in [-0.1, -0.05) is 0 Å². The normalized spacial score (nSPS) is 17.8. The first kappa shape index (κ1) is 12.2. The van der Waals surface area contributed by atoms with Crippen molar-refractivity contribution in [2.75, 3.05) is 5.73 Å². The van der Waals surface area contributed by atoms with E-state index in [1.807, 2.05) is 0 Å². The van der Waals surface area contributed by atoms with Gasteiger partial charge in [-0.05, 0) is 60.5 Å². The van der Waals surface area contributed by atoms with Crippen LogP contribution < -0.4 is 11.1 Å². The molecule has 0 spiro atoms. The fraction of sp³-hybridized carbons (Fsp3) is 0.267. The third-order valence-electron chi connectivity index (χ3n) is 3.53. The molecular formula is C15H16N2OS. The quantitative estimate of drug-likeness (QED) is 0.825. The Morgan fingerprint density at radius 3 is 2.84 bits per heavy atom. The number of anilines is 1. The molecule has 0 saturated carbocycles. The summed E-state index contributed by atoms with van der Waals surface area (Å²) in [6.07, 6.45) is 3.30. The van der Waals surface area contributed by atoms with Crippen LogP contribution in [0.15, 0.2) is 35.7 Å². The minimum atomic E-state index is -0.0240. The van der Waals surface area contributed by atoms with E-state index < -0.39 is 0 Å². The van der Waals surface area contributed by atoms with Gasteiger partial charge in [0.2, 0.25) is 0 Å². The number of rotatable bonds is 2. The maximum Gasteiger partial charge on any atom is 0.251 e. The summed E-state index contributed by atoms with van der Waals surface area (Å²) in [4.78, 5) is 13.6. The molecule has 3 rings (SSSR count). The predicted molar refractivity (Wildman–Crippen MR) is 78.3 cm³/mol. The number of nitrogens with one attached hydrogen (secondary N) is 1. The molecule has 0 radical (unpaired) electrons. The zero-order chi connectivity index (χ0) is 13.2. The molecule has 0 bridgehead atoms. The van der Waals surface area contributed by atoms with Gasteiger partial charge in [0, 0.05) is 16.1 Å². The molecule has 98 valence electrons. The minimum Gasteiger partial charge on any atom is -0.399 e. The van der Waals surface area contributed by atoms with Crippen molar-refractivity contribution in [3.63, 3.8) is 0 Å². The van der Waals surface area contributed by atoms with Crippen LogP contribution >= 0.6 is 11.3 Å². The number of nitrogens with two attached hydrogens (primary N) is 1. The Morgan fingerprint density at radius 1 is 1.26 bits per heavy atom. The maximum atomic E-state index is 12.2. The number of carbonyl (C=O) groups is 1. The van der Waals surface area contributed by atoms with Crippen LogP contribution in [0.1, 0.15) is 39.7 Å². The van der Waals surface area contributed by atoms with Gasteiger partial charge in [-0.25, -0.2) is 0 Å². The molecule has 0 saturated heterocycles. The van der Waals surface area contributed by atoms with Crippen molar-refractivity contribution in [2.24, 2.45) is 0 Å². The number of carbonyl (C=O) groups excluding carboxylic acids is 1. The lowest BCUT2D eigenvalue weighted by atomic mass is 9.94. The number of hydrogen-bond acceptors (Lipinski definition) is 3. The van der Waals surface area contributed by atoms with Crippen molar-refractivity contribution in [1.29, 1.82) is 0 Å². The zero-order valence-electron chi connectivity index (χ0n) is 10.6. The van der Waals surface area contributed by atoms with E-state index >= 15 is 0 Å². The topological polar surface area (TPSA) is 55.1 Å². The summed E-state index contributed by atoms with van der Waals surface area (Å²) in [6.45, 7) is 0. The third-order valence-corrected chi connectivity index (χ3v) is 4.53. The summed E-state index contributed by atoms with van der Waals surface area (Å²) in [5, 5.41) is 5.23. The molecule has 1 atom stereocenters. The third kappa shape index (κ3) is 2.49. The Bertz CT molecular complexity index is 588. The standard InChI is InChI=1S/C15H16N2OS/c16-11-6-4-10(5-7-11)15(18)17-13-2-1-3-14-12(13)8-9-19-14/h4-9,13H,1-3,16H2,(H,17,18). The summed E-state index contributed by atoms with van der Waals surface area (Å²) >= 11 is 1.79. The molecule has 2 aromatic rings. The summed E-state index contributed by atoms with van der Waals surface area (Å²) in [5.41, 5.74) is 8.26. The average molecular weight is 272 g/mol. The van der Waals surface area contributed by atoms with Crippen LogP contribution in [0, 0.1) is 0 Å². The van der Waals surface area contributed by atoms with E-state index in [1.165, 1.54) is 10.4 Å². The minimum absolute atomic E-state index is 0.0240. The molecule has 0 aliphatic heterocycles. The summed E-state index contributed by atoms with van der Waals surface area (Å²) in [7, 11) is 0. The number of aryl methyl sites for hydroxylation is 1. The van der Waals surface area contributed by atoms with E-state index in [1.54, 1.807) is 35.6 Å². The molecule has 1 aliphatic carbocycles. The highest BCUT2D eigenvalue weighted by Gasteiger charge is 2.22. The highest BCUT2D eigenvalue weighted by atomic mass is 32.1. The van der Waals surface area contributed by atoms with Crippen LogP contribution in [0.25, 0.3) is 0 Å². The van der Waals surface area contributed by atoms with E-state index in [2.05, 4.69) is 16.8 Å². The first-order valence-electron chi connectivity index (χ1n) is 6.47. The molecule has 1 aliphatic rings. The number of nitrogen functional groups attached to an aromatic ring is 1. The van der Waals surface area contributed by atoms with E-state index in [0.29, 0.717) is 11.3 Å². The molecule has 1 heterocycles. The van der Waals surface area contributed by atoms with Crippen molar-refractivity contribution in [2.45, 2.75) is 25.3 Å². The molecule has 1 amide bonds. The van der Waals surface area contributed by atoms with Crippen molar-refractivity contribution in [3.05, 3.63) is 51.7 Å². The van der Waals surface area contributed by atoms with Crippen molar-refractivity contribution >= 4 is 22.9 Å². The molecule has 4 heteroatoms. The number of benzene rings is 1. The Labute approximate surface area is 116 Å². The van der Waals surface area contributed by atoms with Gasteiger partial charge in [-0.15, -0.1) is 11.3 Å². The van der Waals surface area contributed by atoms with Crippen molar-refractivity contribution < 1.29 is 4.79 Å². The second-order valence-corrected chi connectivity index (χ2v) is 5.84. The van der Waals surface area contributed by atoms with Gasteiger partial charge >= 0.3 is 0 Å². The van der Waals surface area contributed by atoms with E-state index in [-0.39, 0.29) is 11.9 Å². The molecule has 1 aromatic heterocycles. The zero-order valence-corrected chi connectivity index (χ0v) is 11.4. The fourth-order valence-corrected chi connectivity index (χ4v) is 3.50. The number of thiophene rings is 1. The first-order chi connectivity index (χ1) is 9.24. The van der Waals surface area contributed by atoms with Gasteiger partial charge in [0.15, 0.2) is 0 Å². The average Bonchev–Trinajstić information content (AvgIpc) is 2.89. The first-order valence-corrected chi connectivity index (χ1v) is 7.34. The smallest absolute Gasteiger partial charge is 0.251 e. The van der Waals surface area contributed by atoms with Crippen LogP contribution in [-0.4, -0.2) is 5.91 Å². The lowest BCUT2D eigenvalue weighted by Crippen LogP contribution is -2.30. The van der Waals surface area contributed by atoms with Gasteiger partial charge in [0.25, 0.3) is 5.91 Å². The van der Waals surface area contributed by atoms with Crippen LogP contribution in [-0.2, 0) is 6.42 Å². The van der Waals surface area contributed by atoms with Crippen LogP contribution in [0.5, 0.6) is 0 Å². The molecule has 19 heavy (non-hydrogen) atoms. The van der Waals surface area contributed by atoms with Crippen molar-refractivity contribution in [3.8, 4) is 0 Å². The molecule has 1 unspecified atom stereocenters. The summed E-state index contributed by atoms with van der Waals surface area (Å²) < 4.78 is 0. The fourth-order valence-electron chi connectivity index (χ4n) is 2.51. The van der Waals surface area contributed by atoms with E-state index in [9.17, 15) is 4.79 Å². The number of amides is 1. The monoisotopic (exact) mass is 272 g/mol. The maximum absolute atomic E-state index is 12.2. The molecular weight excluding hydrogens is 256 g/mol. The second kappa shape index (κ2) is 5.05. The summed E-state index contributed by atoms with van der Waals surface area (Å²) in [5.74, 6) is -0.0240. The van der Waals surface area contributed by atoms with E-state index in [4.69, 9.17) is 5.73 Å². The lowest BCUT2D eigenvalue weighted by molar-refractivity contribution is 0.0933. The Kier molecular flexibility index (Phi) is 3.25. The Hall–Kier alpha value is -1.81. The van der Waals surface area contributed by atoms with Gasteiger partial charge in [0.1, 0.15) is 0 Å². The van der Waals surface area contributed by atoms with Crippen LogP contribution in [0.4, 0.5) is 5.69 Å². The number of hydrogen-bond donors (Lipinski definition) is 2. The molecule has 1 aromatic carbocycles. The van der Waals surface area contributed by atoms with Gasteiger partial charge in [-0.3, -0.25) is 4.79 Å². The Morgan fingerprint density at radius 2 is 2.05 bits per heavy atom. The number of fused-ring (bicyclic) bond motifs is 1. The molecule has 0 fully saturated rings. The SMILES string of the molecule is Nc1ccc(C(=O)NC2CCCc3sccc32)cc1.